The largest absolute Gasteiger partial charge is 0.385 e. The van der Waals surface area contributed by atoms with Crippen molar-refractivity contribution in [3.63, 3.8) is 0 Å². The second-order valence-corrected chi connectivity index (χ2v) is 5.96. The van der Waals surface area contributed by atoms with Gasteiger partial charge in [-0.3, -0.25) is 4.79 Å². The van der Waals surface area contributed by atoms with Gasteiger partial charge < -0.3 is 14.6 Å². The summed E-state index contributed by atoms with van der Waals surface area (Å²) in [6.07, 6.45) is 2.87. The van der Waals surface area contributed by atoms with E-state index >= 15 is 0 Å². The summed E-state index contributed by atoms with van der Waals surface area (Å²) >= 11 is 0. The second kappa shape index (κ2) is 7.41. The number of ether oxygens (including phenoxy) is 1. The molecule has 114 valence electrons. The van der Waals surface area contributed by atoms with Crippen LogP contribution < -0.4 is 10.5 Å². The van der Waals surface area contributed by atoms with Crippen LogP contribution >= 0.6 is 0 Å². The van der Waals surface area contributed by atoms with Gasteiger partial charge in [0.1, 0.15) is 10.6 Å². The summed E-state index contributed by atoms with van der Waals surface area (Å²) in [5.41, 5.74) is 0.299. The Morgan fingerprint density at radius 2 is 2.20 bits per heavy atom. The molecule has 0 saturated heterocycles. The van der Waals surface area contributed by atoms with E-state index in [9.17, 15) is 13.2 Å². The van der Waals surface area contributed by atoms with Crippen molar-refractivity contribution in [3.05, 3.63) is 18.0 Å². The van der Waals surface area contributed by atoms with Crippen molar-refractivity contribution >= 4 is 15.9 Å². The molecular formula is C12H21N3O4S. The van der Waals surface area contributed by atoms with Gasteiger partial charge in [-0.05, 0) is 18.9 Å². The molecule has 0 spiro atoms. The highest BCUT2D eigenvalue weighted by molar-refractivity contribution is 7.89. The number of hydrogen-bond donors (Lipinski definition) is 2. The highest BCUT2D eigenvalue weighted by atomic mass is 32.2. The Morgan fingerprint density at radius 1 is 1.50 bits per heavy atom. The number of aromatic nitrogens is 1. The molecule has 0 saturated carbocycles. The first-order chi connectivity index (χ1) is 9.40. The average Bonchev–Trinajstić information content (AvgIpc) is 2.79. The summed E-state index contributed by atoms with van der Waals surface area (Å²) < 4.78 is 29.2. The van der Waals surface area contributed by atoms with Crippen LogP contribution in [0.4, 0.5) is 0 Å². The lowest BCUT2D eigenvalue weighted by atomic mass is 10.3. The van der Waals surface area contributed by atoms with Crippen LogP contribution in [0.25, 0.3) is 0 Å². The van der Waals surface area contributed by atoms with E-state index in [2.05, 4.69) is 5.32 Å². The van der Waals surface area contributed by atoms with Crippen molar-refractivity contribution in [2.75, 3.05) is 20.3 Å². The monoisotopic (exact) mass is 303 g/mol. The van der Waals surface area contributed by atoms with Crippen molar-refractivity contribution in [1.82, 2.24) is 9.88 Å². The number of nitrogens with one attached hydrogen (secondary N) is 1. The summed E-state index contributed by atoms with van der Waals surface area (Å²) in [4.78, 5) is 12.0. The molecule has 0 radical (unpaired) electrons. The highest BCUT2D eigenvalue weighted by Crippen LogP contribution is 2.13. The highest BCUT2D eigenvalue weighted by Gasteiger charge is 2.18. The first-order valence-corrected chi connectivity index (χ1v) is 7.95. The topological polar surface area (TPSA) is 103 Å². The van der Waals surface area contributed by atoms with E-state index < -0.39 is 10.0 Å². The summed E-state index contributed by atoms with van der Waals surface area (Å²) in [5.74, 6) is -0.315. The predicted molar refractivity (Wildman–Crippen MR) is 74.9 cm³/mol. The van der Waals surface area contributed by atoms with Crippen LogP contribution in [0.1, 0.15) is 30.3 Å². The number of hydrogen-bond acceptors (Lipinski definition) is 4. The van der Waals surface area contributed by atoms with Crippen LogP contribution in [0.3, 0.4) is 0 Å². The molecule has 1 aromatic rings. The molecule has 20 heavy (non-hydrogen) atoms. The Balaban J connectivity index is 2.86. The average molecular weight is 303 g/mol. The number of rotatable bonds is 8. The van der Waals surface area contributed by atoms with E-state index in [4.69, 9.17) is 9.88 Å². The van der Waals surface area contributed by atoms with E-state index in [1.165, 1.54) is 12.3 Å². The summed E-state index contributed by atoms with van der Waals surface area (Å²) in [5, 5.41) is 7.81. The van der Waals surface area contributed by atoms with Crippen molar-refractivity contribution in [2.24, 2.45) is 5.14 Å². The molecular weight excluding hydrogens is 282 g/mol. The molecule has 0 aromatic carbocycles. The van der Waals surface area contributed by atoms with Gasteiger partial charge in [0.25, 0.3) is 5.91 Å². The molecule has 0 atom stereocenters. The lowest BCUT2D eigenvalue weighted by molar-refractivity contribution is 0.0939. The number of carbonyl (C=O) groups is 1. The number of aryl methyl sites for hydroxylation is 1. The van der Waals surface area contributed by atoms with Crippen molar-refractivity contribution in [1.29, 1.82) is 0 Å². The van der Waals surface area contributed by atoms with Gasteiger partial charge in [-0.25, -0.2) is 13.6 Å². The van der Waals surface area contributed by atoms with Gasteiger partial charge in [0.05, 0.1) is 0 Å². The molecule has 8 heteroatoms. The number of methoxy groups -OCH3 is 1. The number of nitrogens with zero attached hydrogens (tertiary/aromatic N) is 1. The first-order valence-electron chi connectivity index (χ1n) is 6.40. The molecule has 0 fully saturated rings. The fourth-order valence-corrected chi connectivity index (χ4v) is 2.31. The molecule has 1 heterocycles. The molecule has 1 rings (SSSR count). The third-order valence-electron chi connectivity index (χ3n) is 2.71. The van der Waals surface area contributed by atoms with Crippen LogP contribution in [-0.2, 0) is 21.3 Å². The first kappa shape index (κ1) is 16.7. The third kappa shape index (κ3) is 4.62. The lowest BCUT2D eigenvalue weighted by Crippen LogP contribution is -2.27. The van der Waals surface area contributed by atoms with Gasteiger partial charge in [0, 0.05) is 33.0 Å². The zero-order chi connectivity index (χ0) is 15.2. The Bertz CT molecular complexity index is 551. The number of carbonyl (C=O) groups excluding carboxylic acids is 1. The van der Waals surface area contributed by atoms with E-state index in [0.717, 1.165) is 6.42 Å². The Labute approximate surface area is 119 Å². The number of sulfonamides is 1. The normalized spacial score (nSPS) is 11.6. The molecule has 0 aliphatic rings. The van der Waals surface area contributed by atoms with E-state index in [1.807, 2.05) is 6.92 Å². The van der Waals surface area contributed by atoms with Crippen LogP contribution in [-0.4, -0.2) is 39.2 Å². The van der Waals surface area contributed by atoms with Gasteiger partial charge in [-0.15, -0.1) is 0 Å². The van der Waals surface area contributed by atoms with Gasteiger partial charge in [-0.2, -0.15) is 0 Å². The fourth-order valence-electron chi connectivity index (χ4n) is 1.76. The molecule has 7 nitrogen and oxygen atoms in total. The zero-order valence-electron chi connectivity index (χ0n) is 11.8. The van der Waals surface area contributed by atoms with E-state index in [0.29, 0.717) is 31.8 Å². The summed E-state index contributed by atoms with van der Waals surface area (Å²) in [6.45, 7) is 3.51. The molecule has 0 bridgehead atoms. The van der Waals surface area contributed by atoms with Gasteiger partial charge in [-0.1, -0.05) is 6.92 Å². The minimum absolute atomic E-state index is 0.0482. The molecule has 0 unspecified atom stereocenters. The number of primary sulfonamides is 1. The van der Waals surface area contributed by atoms with E-state index in [1.54, 1.807) is 11.7 Å². The third-order valence-corrected chi connectivity index (χ3v) is 3.59. The minimum atomic E-state index is -3.81. The fraction of sp³-hybridized carbons (Fsp3) is 0.583. The Morgan fingerprint density at radius 3 is 2.75 bits per heavy atom. The maximum Gasteiger partial charge on any atom is 0.267 e. The van der Waals surface area contributed by atoms with Crippen LogP contribution in [0.2, 0.25) is 0 Å². The zero-order valence-corrected chi connectivity index (χ0v) is 12.6. The molecule has 1 aromatic heterocycles. The number of nitrogens with two attached hydrogens (primary N) is 1. The van der Waals surface area contributed by atoms with Crippen molar-refractivity contribution in [2.45, 2.75) is 31.2 Å². The summed E-state index contributed by atoms with van der Waals surface area (Å²) in [7, 11) is -2.22. The van der Waals surface area contributed by atoms with Crippen LogP contribution in [0.5, 0.6) is 0 Å². The van der Waals surface area contributed by atoms with Crippen molar-refractivity contribution in [3.8, 4) is 0 Å². The molecule has 0 aliphatic carbocycles. The molecule has 1 amide bonds. The van der Waals surface area contributed by atoms with Crippen LogP contribution in [0.15, 0.2) is 17.2 Å². The second-order valence-electron chi connectivity index (χ2n) is 4.40. The lowest BCUT2D eigenvalue weighted by Gasteiger charge is -2.08. The summed E-state index contributed by atoms with van der Waals surface area (Å²) in [6, 6.07) is 1.30. The van der Waals surface area contributed by atoms with E-state index in [-0.39, 0.29) is 10.8 Å². The van der Waals surface area contributed by atoms with Crippen LogP contribution in [0, 0.1) is 0 Å². The smallest absolute Gasteiger partial charge is 0.267 e. The SMILES string of the molecule is CCCn1cc(S(N)(=O)=O)cc1C(=O)NCCCOC. The Kier molecular flexibility index (Phi) is 6.18. The van der Waals surface area contributed by atoms with Crippen molar-refractivity contribution < 1.29 is 17.9 Å². The maximum absolute atomic E-state index is 12.0. The molecule has 0 aliphatic heterocycles. The van der Waals surface area contributed by atoms with Gasteiger partial charge >= 0.3 is 0 Å². The minimum Gasteiger partial charge on any atom is -0.385 e. The quantitative estimate of drug-likeness (QED) is 0.675. The van der Waals surface area contributed by atoms with Gasteiger partial charge in [0.15, 0.2) is 0 Å². The molecule has 3 N–H and O–H groups in total. The Hall–Kier alpha value is -1.38. The number of amides is 1. The standard InChI is InChI=1S/C12H21N3O4S/c1-3-6-15-9-10(20(13,17)18)8-11(15)12(16)14-5-4-7-19-2/h8-9H,3-7H2,1-2H3,(H,14,16)(H2,13,17,18). The van der Waals surface area contributed by atoms with Gasteiger partial charge in [0.2, 0.25) is 10.0 Å². The predicted octanol–water partition coefficient (Wildman–Crippen LogP) is 0.312. The maximum atomic E-state index is 12.0.